The van der Waals surface area contributed by atoms with Gasteiger partial charge in [-0.15, -0.1) is 11.8 Å². The van der Waals surface area contributed by atoms with E-state index in [0.29, 0.717) is 11.3 Å². The lowest BCUT2D eigenvalue weighted by molar-refractivity contribution is 0.505. The smallest absolute Gasteiger partial charge is 0.159 e. The highest BCUT2D eigenvalue weighted by Gasteiger charge is 2.15. The standard InChI is InChI=1S/C12H17F2NS/c1-4-12(15-3)8(2)16-9-5-6-10(13)11(14)7-9/h5-8,12,15H,4H2,1-3H3. The SMILES string of the molecule is CCC(NC)C(C)Sc1ccc(F)c(F)c1. The molecule has 0 bridgehead atoms. The molecule has 1 aromatic rings. The minimum absolute atomic E-state index is 0.319. The fourth-order valence-electron chi connectivity index (χ4n) is 1.62. The third-order valence-corrected chi connectivity index (χ3v) is 3.82. The average molecular weight is 245 g/mol. The molecule has 0 radical (unpaired) electrons. The van der Waals surface area contributed by atoms with Crippen LogP contribution in [0, 0.1) is 11.6 Å². The van der Waals surface area contributed by atoms with E-state index in [2.05, 4.69) is 19.2 Å². The zero-order chi connectivity index (χ0) is 12.1. The first-order valence-electron chi connectivity index (χ1n) is 5.37. The number of rotatable bonds is 5. The number of thioether (sulfide) groups is 1. The van der Waals surface area contributed by atoms with Gasteiger partial charge in [0, 0.05) is 16.2 Å². The maximum absolute atomic E-state index is 13.0. The molecule has 1 rings (SSSR count). The average Bonchev–Trinajstić information content (AvgIpc) is 2.25. The minimum Gasteiger partial charge on any atom is -0.316 e. The molecule has 4 heteroatoms. The molecule has 1 N–H and O–H groups in total. The topological polar surface area (TPSA) is 12.0 Å². The van der Waals surface area contributed by atoms with E-state index in [1.807, 2.05) is 7.05 Å². The quantitative estimate of drug-likeness (QED) is 0.797. The predicted molar refractivity (Wildman–Crippen MR) is 64.8 cm³/mol. The van der Waals surface area contributed by atoms with Crippen molar-refractivity contribution in [3.05, 3.63) is 29.8 Å². The van der Waals surface area contributed by atoms with Crippen LogP contribution in [0.1, 0.15) is 20.3 Å². The van der Waals surface area contributed by atoms with E-state index in [1.54, 1.807) is 17.8 Å². The van der Waals surface area contributed by atoms with Crippen LogP contribution in [-0.4, -0.2) is 18.3 Å². The summed E-state index contributed by atoms with van der Waals surface area (Å²) in [6.07, 6.45) is 1.01. The maximum atomic E-state index is 13.0. The Kier molecular flexibility index (Phi) is 5.22. The Balaban J connectivity index is 2.69. The lowest BCUT2D eigenvalue weighted by Gasteiger charge is -2.21. The predicted octanol–water partition coefficient (Wildman–Crippen LogP) is 3.44. The molecule has 2 unspecified atom stereocenters. The second-order valence-corrected chi connectivity index (χ2v) is 5.15. The normalized spacial score (nSPS) is 14.8. The lowest BCUT2D eigenvalue weighted by atomic mass is 10.2. The molecule has 0 aliphatic heterocycles. The van der Waals surface area contributed by atoms with Crippen LogP contribution in [0.25, 0.3) is 0 Å². The molecule has 0 aromatic heterocycles. The molecule has 0 fully saturated rings. The molecule has 0 heterocycles. The summed E-state index contributed by atoms with van der Waals surface area (Å²) >= 11 is 1.55. The summed E-state index contributed by atoms with van der Waals surface area (Å²) in [4.78, 5) is 0.764. The van der Waals surface area contributed by atoms with Crippen LogP contribution in [0.15, 0.2) is 23.1 Å². The van der Waals surface area contributed by atoms with E-state index in [4.69, 9.17) is 0 Å². The highest BCUT2D eigenvalue weighted by Crippen LogP contribution is 2.27. The van der Waals surface area contributed by atoms with Crippen LogP contribution in [0.4, 0.5) is 8.78 Å². The molecule has 1 nitrogen and oxygen atoms in total. The van der Waals surface area contributed by atoms with Gasteiger partial charge in [-0.3, -0.25) is 0 Å². The van der Waals surface area contributed by atoms with E-state index in [9.17, 15) is 8.78 Å². The molecular weight excluding hydrogens is 228 g/mol. The summed E-state index contributed by atoms with van der Waals surface area (Å²) in [6.45, 7) is 4.18. The summed E-state index contributed by atoms with van der Waals surface area (Å²) in [7, 11) is 1.91. The van der Waals surface area contributed by atoms with E-state index >= 15 is 0 Å². The fourth-order valence-corrected chi connectivity index (χ4v) is 2.86. The van der Waals surface area contributed by atoms with Gasteiger partial charge in [-0.05, 0) is 31.7 Å². The highest BCUT2D eigenvalue weighted by atomic mass is 32.2. The van der Waals surface area contributed by atoms with E-state index < -0.39 is 11.6 Å². The zero-order valence-corrected chi connectivity index (χ0v) is 10.6. The summed E-state index contributed by atoms with van der Waals surface area (Å²) in [5, 5.41) is 3.53. The molecule has 0 aliphatic carbocycles. The number of benzene rings is 1. The van der Waals surface area contributed by atoms with Gasteiger partial charge in [-0.1, -0.05) is 13.8 Å². The van der Waals surface area contributed by atoms with E-state index in [1.165, 1.54) is 12.1 Å². The van der Waals surface area contributed by atoms with Crippen molar-refractivity contribution < 1.29 is 8.78 Å². The highest BCUT2D eigenvalue weighted by molar-refractivity contribution is 8.00. The van der Waals surface area contributed by atoms with Crippen LogP contribution < -0.4 is 5.32 Å². The van der Waals surface area contributed by atoms with Crippen LogP contribution >= 0.6 is 11.8 Å². The Bertz CT molecular complexity index is 340. The third kappa shape index (κ3) is 3.46. The molecule has 1 aromatic carbocycles. The van der Waals surface area contributed by atoms with Crippen LogP contribution in [-0.2, 0) is 0 Å². The van der Waals surface area contributed by atoms with Gasteiger partial charge in [-0.2, -0.15) is 0 Å². The number of halogens is 2. The van der Waals surface area contributed by atoms with Crippen molar-refractivity contribution in [2.45, 2.75) is 36.5 Å². The maximum Gasteiger partial charge on any atom is 0.159 e. The summed E-state index contributed by atoms with van der Waals surface area (Å²) in [5.41, 5.74) is 0. The lowest BCUT2D eigenvalue weighted by Crippen LogP contribution is -2.33. The number of hydrogen-bond donors (Lipinski definition) is 1. The van der Waals surface area contributed by atoms with Gasteiger partial charge in [0.1, 0.15) is 0 Å². The van der Waals surface area contributed by atoms with E-state index in [-0.39, 0.29) is 0 Å². The molecule has 16 heavy (non-hydrogen) atoms. The summed E-state index contributed by atoms with van der Waals surface area (Å²) in [6, 6.07) is 4.41. The largest absolute Gasteiger partial charge is 0.316 e. The van der Waals surface area contributed by atoms with Gasteiger partial charge in [0.25, 0.3) is 0 Å². The number of hydrogen-bond acceptors (Lipinski definition) is 2. The fraction of sp³-hybridized carbons (Fsp3) is 0.500. The summed E-state index contributed by atoms with van der Waals surface area (Å²) < 4.78 is 25.7. The Labute approximate surface area is 99.6 Å². The first kappa shape index (κ1) is 13.5. The second kappa shape index (κ2) is 6.21. The van der Waals surface area contributed by atoms with Gasteiger partial charge in [-0.25, -0.2) is 8.78 Å². The van der Waals surface area contributed by atoms with Gasteiger partial charge in [0.15, 0.2) is 11.6 Å². The van der Waals surface area contributed by atoms with Crippen LogP contribution in [0.3, 0.4) is 0 Å². The molecular formula is C12H17F2NS. The Morgan fingerprint density at radius 2 is 2.00 bits per heavy atom. The zero-order valence-electron chi connectivity index (χ0n) is 9.76. The van der Waals surface area contributed by atoms with Gasteiger partial charge in [0.05, 0.1) is 0 Å². The van der Waals surface area contributed by atoms with Gasteiger partial charge >= 0.3 is 0 Å². The van der Waals surface area contributed by atoms with Crippen LogP contribution in [0.5, 0.6) is 0 Å². The van der Waals surface area contributed by atoms with Crippen molar-refractivity contribution in [2.24, 2.45) is 0 Å². The second-order valence-electron chi connectivity index (χ2n) is 3.70. The molecule has 0 saturated carbocycles. The first-order chi connectivity index (χ1) is 7.58. The molecule has 0 spiro atoms. The monoisotopic (exact) mass is 245 g/mol. The molecule has 0 aliphatic rings. The molecule has 0 saturated heterocycles. The van der Waals surface area contributed by atoms with Crippen molar-refractivity contribution in [2.75, 3.05) is 7.05 Å². The summed E-state index contributed by atoms with van der Waals surface area (Å²) in [5.74, 6) is -1.58. The van der Waals surface area contributed by atoms with Crippen molar-refractivity contribution in [3.63, 3.8) is 0 Å². The van der Waals surface area contributed by atoms with Crippen molar-refractivity contribution in [1.29, 1.82) is 0 Å². The minimum atomic E-state index is -0.794. The Hall–Kier alpha value is -0.610. The Morgan fingerprint density at radius 1 is 1.31 bits per heavy atom. The number of nitrogens with one attached hydrogen (secondary N) is 1. The van der Waals surface area contributed by atoms with E-state index in [0.717, 1.165) is 11.3 Å². The Morgan fingerprint density at radius 3 is 2.50 bits per heavy atom. The van der Waals surface area contributed by atoms with Crippen LogP contribution in [0.2, 0.25) is 0 Å². The first-order valence-corrected chi connectivity index (χ1v) is 6.25. The molecule has 0 amide bonds. The van der Waals surface area contributed by atoms with Crippen molar-refractivity contribution in [1.82, 2.24) is 5.32 Å². The van der Waals surface area contributed by atoms with Gasteiger partial charge < -0.3 is 5.32 Å². The van der Waals surface area contributed by atoms with Crippen molar-refractivity contribution in [3.8, 4) is 0 Å². The van der Waals surface area contributed by atoms with Crippen molar-refractivity contribution >= 4 is 11.8 Å². The molecule has 90 valence electrons. The third-order valence-electron chi connectivity index (χ3n) is 2.59. The molecule has 2 atom stereocenters. The van der Waals surface area contributed by atoms with Gasteiger partial charge in [0.2, 0.25) is 0 Å².